The van der Waals surface area contributed by atoms with Crippen molar-refractivity contribution in [3.8, 4) is 11.5 Å². The van der Waals surface area contributed by atoms with E-state index < -0.39 is 11.1 Å². The minimum absolute atomic E-state index is 0.0128. The van der Waals surface area contributed by atoms with E-state index in [1.165, 1.54) is 22.8 Å². The van der Waals surface area contributed by atoms with E-state index in [0.29, 0.717) is 32.9 Å². The topological polar surface area (TPSA) is 119 Å². The summed E-state index contributed by atoms with van der Waals surface area (Å²) >= 11 is 1.46. The SMILES string of the molecule is CCCCCCSC1=NN2C(=c3ccccc3=NC2c2cc3c(cc2[N+](=O)[O-])OCO3)C(=O)N1. The highest BCUT2D eigenvalue weighted by atomic mass is 32.2. The Labute approximate surface area is 199 Å². The van der Waals surface area contributed by atoms with Gasteiger partial charge in [0.15, 0.2) is 22.8 Å². The number of para-hydroxylation sites is 1. The summed E-state index contributed by atoms with van der Waals surface area (Å²) in [6.45, 7) is 2.14. The second-order valence-electron chi connectivity index (χ2n) is 8.00. The maximum atomic E-state index is 13.2. The number of fused-ring (bicyclic) bond motifs is 3. The van der Waals surface area contributed by atoms with Gasteiger partial charge in [0.25, 0.3) is 11.6 Å². The van der Waals surface area contributed by atoms with Crippen LogP contribution in [0.3, 0.4) is 0 Å². The largest absolute Gasteiger partial charge is 0.454 e. The van der Waals surface area contributed by atoms with E-state index in [0.717, 1.165) is 31.4 Å². The van der Waals surface area contributed by atoms with Crippen molar-refractivity contribution in [3.63, 3.8) is 0 Å². The number of ether oxygens (including phenoxy) is 2. The van der Waals surface area contributed by atoms with Crippen LogP contribution in [0.2, 0.25) is 0 Å². The highest BCUT2D eigenvalue weighted by molar-refractivity contribution is 8.13. The molecule has 1 unspecified atom stereocenters. The molecule has 1 amide bonds. The summed E-state index contributed by atoms with van der Waals surface area (Å²) in [4.78, 5) is 29.4. The summed E-state index contributed by atoms with van der Waals surface area (Å²) in [5.41, 5.74) is 0.400. The molecule has 0 aliphatic carbocycles. The zero-order valence-corrected chi connectivity index (χ0v) is 19.3. The average molecular weight is 482 g/mol. The van der Waals surface area contributed by atoms with Gasteiger partial charge in [-0.1, -0.05) is 56.1 Å². The first-order chi connectivity index (χ1) is 16.6. The number of hydrogen-bond acceptors (Lipinski definition) is 9. The van der Waals surface area contributed by atoms with E-state index in [9.17, 15) is 14.9 Å². The highest BCUT2D eigenvalue weighted by Gasteiger charge is 2.38. The molecule has 1 N–H and O–H groups in total. The van der Waals surface area contributed by atoms with Gasteiger partial charge in [-0.2, -0.15) is 0 Å². The van der Waals surface area contributed by atoms with Crippen molar-refractivity contribution < 1.29 is 19.2 Å². The first kappa shape index (κ1) is 22.2. The number of nitrogens with zero attached hydrogens (tertiary/aromatic N) is 4. The van der Waals surface area contributed by atoms with Crippen molar-refractivity contribution in [2.24, 2.45) is 10.1 Å². The van der Waals surface area contributed by atoms with Crippen LogP contribution >= 0.6 is 11.8 Å². The van der Waals surface area contributed by atoms with Gasteiger partial charge >= 0.3 is 0 Å². The molecule has 1 atom stereocenters. The molecule has 0 saturated heterocycles. The van der Waals surface area contributed by atoms with Crippen LogP contribution in [0.25, 0.3) is 5.70 Å². The van der Waals surface area contributed by atoms with Crippen LogP contribution in [-0.2, 0) is 4.79 Å². The molecule has 3 aliphatic rings. The molecule has 0 spiro atoms. The summed E-state index contributed by atoms with van der Waals surface area (Å²) in [6, 6.07) is 10.1. The Balaban J connectivity index is 1.60. The van der Waals surface area contributed by atoms with Crippen molar-refractivity contribution in [2.45, 2.75) is 38.8 Å². The van der Waals surface area contributed by atoms with E-state index in [2.05, 4.69) is 17.3 Å². The molecule has 0 radical (unpaired) electrons. The normalized spacial score (nSPS) is 18.0. The van der Waals surface area contributed by atoms with Gasteiger partial charge in [-0.3, -0.25) is 25.2 Å². The third kappa shape index (κ3) is 4.07. The second kappa shape index (κ2) is 9.34. The van der Waals surface area contributed by atoms with Gasteiger partial charge in [0.05, 0.1) is 21.9 Å². The lowest BCUT2D eigenvalue weighted by Crippen LogP contribution is -2.50. The lowest BCUT2D eigenvalue weighted by Gasteiger charge is -2.33. The molecule has 5 rings (SSSR count). The predicted molar refractivity (Wildman–Crippen MR) is 127 cm³/mol. The number of nitro benzene ring substituents is 1. The molecule has 2 aromatic carbocycles. The van der Waals surface area contributed by atoms with Crippen molar-refractivity contribution in [1.29, 1.82) is 0 Å². The first-order valence-electron chi connectivity index (χ1n) is 11.1. The first-order valence-corrected chi connectivity index (χ1v) is 12.1. The number of hydrazone groups is 1. The molecule has 2 aromatic rings. The minimum atomic E-state index is -0.915. The molecule has 34 heavy (non-hydrogen) atoms. The molecule has 10 nitrogen and oxygen atoms in total. The third-order valence-electron chi connectivity index (χ3n) is 5.75. The molecular formula is C23H23N5O5S. The quantitative estimate of drug-likeness (QED) is 0.367. The zero-order valence-electron chi connectivity index (χ0n) is 18.5. The number of hydrogen-bond donors (Lipinski definition) is 1. The number of carbonyl (C=O) groups excluding carboxylic acids is 1. The summed E-state index contributed by atoms with van der Waals surface area (Å²) < 4.78 is 10.8. The molecule has 0 fully saturated rings. The Kier molecular flexibility index (Phi) is 6.10. The van der Waals surface area contributed by atoms with Gasteiger partial charge < -0.3 is 9.47 Å². The number of nitrogens with one attached hydrogen (secondary N) is 1. The van der Waals surface area contributed by atoms with E-state index >= 15 is 0 Å². The Morgan fingerprint density at radius 1 is 1.21 bits per heavy atom. The van der Waals surface area contributed by atoms with Crippen LogP contribution in [0.1, 0.15) is 44.3 Å². The lowest BCUT2D eigenvalue weighted by atomic mass is 10.1. The molecule has 0 saturated carbocycles. The van der Waals surface area contributed by atoms with Crippen molar-refractivity contribution in [1.82, 2.24) is 10.3 Å². The number of rotatable bonds is 7. The standard InChI is InChI=1S/C23H23N5O5S/c1-2-3-4-7-10-34-23-25-22(29)20-14-8-5-6-9-16(14)24-21(27(20)26-23)15-11-18-19(33-13-32-18)12-17(15)28(30)31/h5-6,8-9,11-12,21H,2-4,7,10,13H2,1H3,(H,25,26,29). The van der Waals surface area contributed by atoms with Gasteiger partial charge in [-0.15, -0.1) is 5.10 Å². The molecular weight excluding hydrogens is 458 g/mol. The second-order valence-corrected chi connectivity index (χ2v) is 9.09. The number of carbonyl (C=O) groups is 1. The Morgan fingerprint density at radius 3 is 2.79 bits per heavy atom. The molecule has 3 aliphatic heterocycles. The molecule has 176 valence electrons. The van der Waals surface area contributed by atoms with Crippen molar-refractivity contribution in [3.05, 3.63) is 62.7 Å². The highest BCUT2D eigenvalue weighted by Crippen LogP contribution is 2.43. The summed E-state index contributed by atoms with van der Waals surface area (Å²) in [5, 5.41) is 22.6. The number of nitro groups is 1. The molecule has 0 bridgehead atoms. The van der Waals surface area contributed by atoms with Gasteiger partial charge in [-0.05, 0) is 18.6 Å². The third-order valence-corrected chi connectivity index (χ3v) is 6.70. The lowest BCUT2D eigenvalue weighted by molar-refractivity contribution is -0.386. The van der Waals surface area contributed by atoms with Gasteiger partial charge in [0.2, 0.25) is 6.79 Å². The number of thioether (sulfide) groups is 1. The fraction of sp³-hybridized carbons (Fsp3) is 0.348. The summed E-state index contributed by atoms with van der Waals surface area (Å²) in [6.07, 6.45) is 3.51. The van der Waals surface area contributed by atoms with Gasteiger partial charge in [-0.25, -0.2) is 5.01 Å². The summed E-state index contributed by atoms with van der Waals surface area (Å²) in [5.74, 6) is 1.19. The van der Waals surface area contributed by atoms with E-state index in [1.807, 2.05) is 12.1 Å². The number of amides is 1. The number of benzene rings is 2. The van der Waals surface area contributed by atoms with Crippen molar-refractivity contribution in [2.75, 3.05) is 12.5 Å². The Hall–Kier alpha value is -3.60. The smallest absolute Gasteiger partial charge is 0.280 e. The Bertz CT molecular complexity index is 1310. The molecule has 0 aromatic heterocycles. The average Bonchev–Trinajstić information content (AvgIpc) is 3.30. The summed E-state index contributed by atoms with van der Waals surface area (Å²) in [7, 11) is 0. The maximum absolute atomic E-state index is 13.2. The van der Waals surface area contributed by atoms with Crippen LogP contribution in [-0.4, -0.2) is 33.6 Å². The Morgan fingerprint density at radius 2 is 2.00 bits per heavy atom. The zero-order chi connectivity index (χ0) is 23.7. The maximum Gasteiger partial charge on any atom is 0.280 e. The van der Waals surface area contributed by atoms with E-state index in [4.69, 9.17) is 14.5 Å². The monoisotopic (exact) mass is 481 g/mol. The number of amidine groups is 1. The van der Waals surface area contributed by atoms with Gasteiger partial charge in [0, 0.05) is 11.0 Å². The molecule has 11 heteroatoms. The molecule has 3 heterocycles. The number of unbranched alkanes of at least 4 members (excludes halogenated alkanes) is 3. The minimum Gasteiger partial charge on any atom is -0.454 e. The van der Waals surface area contributed by atoms with Crippen LogP contribution in [0.4, 0.5) is 5.69 Å². The van der Waals surface area contributed by atoms with Gasteiger partial charge in [0.1, 0.15) is 5.70 Å². The van der Waals surface area contributed by atoms with Crippen LogP contribution in [0.5, 0.6) is 11.5 Å². The van der Waals surface area contributed by atoms with Crippen molar-refractivity contribution >= 4 is 34.2 Å². The van der Waals surface area contributed by atoms with Crippen LogP contribution in [0, 0.1) is 10.1 Å². The fourth-order valence-corrected chi connectivity index (χ4v) is 4.96. The van der Waals surface area contributed by atoms with E-state index in [-0.39, 0.29) is 24.0 Å². The van der Waals surface area contributed by atoms with Crippen LogP contribution < -0.4 is 25.4 Å². The fourth-order valence-electron chi connectivity index (χ4n) is 4.10. The van der Waals surface area contributed by atoms with E-state index in [1.54, 1.807) is 18.2 Å². The predicted octanol–water partition coefficient (Wildman–Crippen LogP) is 2.78. The van der Waals surface area contributed by atoms with Crippen LogP contribution in [0.15, 0.2) is 46.5 Å².